The van der Waals surface area contributed by atoms with Gasteiger partial charge in [-0.2, -0.15) is 0 Å². The number of hydrogen-bond donors (Lipinski definition) is 1. The summed E-state index contributed by atoms with van der Waals surface area (Å²) < 4.78 is 40.3. The van der Waals surface area contributed by atoms with Gasteiger partial charge in [0, 0.05) is 22.3 Å². The lowest BCUT2D eigenvalue weighted by atomic mass is 9.94. The van der Waals surface area contributed by atoms with Crippen molar-refractivity contribution in [1.82, 2.24) is 5.32 Å². The average molecular weight is 585 g/mol. The zero-order valence-electron chi connectivity index (χ0n) is 22.0. The van der Waals surface area contributed by atoms with Crippen LogP contribution in [0.2, 0.25) is 5.02 Å². The molecule has 3 aromatic rings. The molecule has 0 spiro atoms. The van der Waals surface area contributed by atoms with Crippen molar-refractivity contribution in [3.63, 3.8) is 0 Å². The van der Waals surface area contributed by atoms with Crippen LogP contribution in [0.1, 0.15) is 48.0 Å². The highest BCUT2D eigenvalue weighted by Crippen LogP contribution is 2.25. The number of benzene rings is 3. The fourth-order valence-electron chi connectivity index (χ4n) is 4.75. The fraction of sp³-hybridized carbons (Fsp3) is 0.300. The van der Waals surface area contributed by atoms with E-state index in [2.05, 4.69) is 5.32 Å². The first-order chi connectivity index (χ1) is 19.0. The second-order valence-electron chi connectivity index (χ2n) is 9.93. The first kappa shape index (κ1) is 29.4. The number of hydrogen-bond acceptors (Lipinski definition) is 5. The van der Waals surface area contributed by atoms with Gasteiger partial charge in [0.2, 0.25) is 5.91 Å². The minimum absolute atomic E-state index is 0.0108. The lowest BCUT2D eigenvalue weighted by molar-refractivity contribution is -0.125. The van der Waals surface area contributed by atoms with Crippen LogP contribution >= 0.6 is 11.6 Å². The number of sulfone groups is 1. The molecule has 2 amide bonds. The molecule has 7 nitrogen and oxygen atoms in total. The molecule has 210 valence electrons. The Hall–Kier alpha value is -3.56. The molecule has 0 aliphatic heterocycles. The molecule has 1 aliphatic rings. The van der Waals surface area contributed by atoms with Gasteiger partial charge in [-0.3, -0.25) is 19.3 Å². The zero-order valence-corrected chi connectivity index (χ0v) is 23.6. The lowest BCUT2D eigenvalue weighted by Gasteiger charge is -2.32. The Bertz CT molecular complexity index is 1470. The molecule has 1 N–H and O–H groups in total. The second kappa shape index (κ2) is 12.7. The quantitative estimate of drug-likeness (QED) is 0.272. The van der Waals surface area contributed by atoms with Crippen LogP contribution in [0, 0.1) is 12.7 Å². The van der Waals surface area contributed by atoms with Crippen molar-refractivity contribution in [3.8, 4) is 0 Å². The average Bonchev–Trinajstić information content (AvgIpc) is 2.93. The van der Waals surface area contributed by atoms with Crippen molar-refractivity contribution in [2.24, 2.45) is 0 Å². The number of Topliss-reactive ketones (excluding diaryl/α,β-unsaturated/α-hetero) is 1. The van der Waals surface area contributed by atoms with Gasteiger partial charge in [0.15, 0.2) is 21.7 Å². The van der Waals surface area contributed by atoms with Gasteiger partial charge in [-0.05, 0) is 80.4 Å². The van der Waals surface area contributed by atoms with Gasteiger partial charge in [0.05, 0.1) is 4.90 Å². The van der Waals surface area contributed by atoms with E-state index in [4.69, 9.17) is 11.6 Å². The van der Waals surface area contributed by atoms with Crippen molar-refractivity contribution in [2.75, 3.05) is 10.7 Å². The Morgan fingerprint density at radius 3 is 2.12 bits per heavy atom. The van der Waals surface area contributed by atoms with Crippen molar-refractivity contribution in [3.05, 3.63) is 94.8 Å². The molecule has 1 atom stereocenters. The highest BCUT2D eigenvalue weighted by atomic mass is 35.5. The van der Waals surface area contributed by atoms with Gasteiger partial charge in [-0.1, -0.05) is 48.6 Å². The molecule has 4 rings (SSSR count). The molecule has 3 aromatic carbocycles. The molecule has 1 fully saturated rings. The summed E-state index contributed by atoms with van der Waals surface area (Å²) in [5.74, 6) is -4.07. The number of anilines is 1. The van der Waals surface area contributed by atoms with Crippen LogP contribution in [0.25, 0.3) is 0 Å². The van der Waals surface area contributed by atoms with Gasteiger partial charge in [0.1, 0.15) is 11.6 Å². The van der Waals surface area contributed by atoms with Crippen molar-refractivity contribution >= 4 is 44.7 Å². The number of carbonyl (C=O) groups is 3. The van der Waals surface area contributed by atoms with E-state index in [0.29, 0.717) is 5.02 Å². The maximum atomic E-state index is 13.9. The number of amides is 2. The molecular formula is C30H30ClFN2O5S. The Kier molecular flexibility index (Phi) is 9.37. The number of halogens is 2. The van der Waals surface area contributed by atoms with E-state index < -0.39 is 45.0 Å². The van der Waals surface area contributed by atoms with Crippen molar-refractivity contribution in [1.29, 1.82) is 0 Å². The third-order valence-corrected chi connectivity index (χ3v) is 8.77. The smallest absolute Gasteiger partial charge is 0.251 e. The van der Waals surface area contributed by atoms with Crippen LogP contribution in [0.3, 0.4) is 0 Å². The summed E-state index contributed by atoms with van der Waals surface area (Å²) >= 11 is 5.99. The summed E-state index contributed by atoms with van der Waals surface area (Å²) in [6.07, 6.45) is 4.31. The maximum Gasteiger partial charge on any atom is 0.251 e. The number of ketones is 1. The third-order valence-electron chi connectivity index (χ3n) is 6.90. The first-order valence-electron chi connectivity index (χ1n) is 13.0. The molecule has 0 bridgehead atoms. The minimum atomic E-state index is -4.15. The number of rotatable bonds is 9. The number of nitrogens with zero attached hydrogens (tertiary/aromatic N) is 1. The Labute approximate surface area is 238 Å². The fourth-order valence-corrected chi connectivity index (χ4v) is 6.06. The predicted molar refractivity (Wildman–Crippen MR) is 152 cm³/mol. The standard InChI is InChI=1S/C30H30ClFN2O5S/c1-20-7-17-26(18-8-20)40(38,39)19-27(35)34(25-15-13-23(32)14-16-25)28(29(36)21-9-11-22(31)12-10-21)30(37)33-24-5-3-2-4-6-24/h7-18,24,28H,2-6,19H2,1H3,(H,33,37)/t28-/m1/s1. The highest BCUT2D eigenvalue weighted by Gasteiger charge is 2.40. The first-order valence-corrected chi connectivity index (χ1v) is 15.1. The molecule has 10 heteroatoms. The van der Waals surface area contributed by atoms with Gasteiger partial charge < -0.3 is 5.32 Å². The summed E-state index contributed by atoms with van der Waals surface area (Å²) in [5.41, 5.74) is 0.956. The summed E-state index contributed by atoms with van der Waals surface area (Å²) in [7, 11) is -4.15. The van der Waals surface area contributed by atoms with Crippen LogP contribution in [0.15, 0.2) is 77.7 Å². The van der Waals surface area contributed by atoms with Gasteiger partial charge >= 0.3 is 0 Å². The molecule has 0 saturated heterocycles. The summed E-state index contributed by atoms with van der Waals surface area (Å²) in [6, 6.07) is 14.5. The molecular weight excluding hydrogens is 555 g/mol. The molecule has 1 aliphatic carbocycles. The zero-order chi connectivity index (χ0) is 28.9. The van der Waals surface area contributed by atoms with Crippen LogP contribution < -0.4 is 10.2 Å². The number of nitrogens with one attached hydrogen (secondary N) is 1. The largest absolute Gasteiger partial charge is 0.351 e. The Morgan fingerprint density at radius 2 is 1.52 bits per heavy atom. The normalized spacial score (nSPS) is 14.8. The topological polar surface area (TPSA) is 101 Å². The lowest BCUT2D eigenvalue weighted by Crippen LogP contribution is -2.57. The van der Waals surface area contributed by atoms with E-state index in [-0.39, 0.29) is 22.2 Å². The maximum absolute atomic E-state index is 13.9. The Balaban J connectivity index is 1.77. The highest BCUT2D eigenvalue weighted by molar-refractivity contribution is 7.92. The summed E-state index contributed by atoms with van der Waals surface area (Å²) in [4.78, 5) is 42.3. The van der Waals surface area contributed by atoms with Crippen LogP contribution in [0.4, 0.5) is 10.1 Å². The van der Waals surface area contributed by atoms with E-state index in [1.54, 1.807) is 19.1 Å². The molecule has 0 radical (unpaired) electrons. The van der Waals surface area contributed by atoms with Gasteiger partial charge in [-0.15, -0.1) is 0 Å². The van der Waals surface area contributed by atoms with Gasteiger partial charge in [0.25, 0.3) is 5.91 Å². The minimum Gasteiger partial charge on any atom is -0.351 e. The van der Waals surface area contributed by atoms with Crippen LogP contribution in [-0.2, 0) is 19.4 Å². The van der Waals surface area contributed by atoms with Crippen molar-refractivity contribution in [2.45, 2.75) is 56.0 Å². The van der Waals surface area contributed by atoms with E-state index in [1.807, 2.05) is 0 Å². The van der Waals surface area contributed by atoms with Crippen molar-refractivity contribution < 1.29 is 27.2 Å². The monoisotopic (exact) mass is 584 g/mol. The molecule has 0 unspecified atom stereocenters. The third kappa shape index (κ3) is 7.14. The summed E-state index contributed by atoms with van der Waals surface area (Å²) in [6.45, 7) is 1.80. The molecule has 0 heterocycles. The number of aryl methyl sites for hydroxylation is 1. The molecule has 0 aromatic heterocycles. The van der Waals surface area contributed by atoms with E-state index in [0.717, 1.165) is 54.7 Å². The molecule has 40 heavy (non-hydrogen) atoms. The van der Waals surface area contributed by atoms with Crippen LogP contribution in [0.5, 0.6) is 0 Å². The molecule has 1 saturated carbocycles. The van der Waals surface area contributed by atoms with Gasteiger partial charge in [-0.25, -0.2) is 12.8 Å². The number of carbonyl (C=O) groups excluding carboxylic acids is 3. The van der Waals surface area contributed by atoms with E-state index in [9.17, 15) is 27.2 Å². The SMILES string of the molecule is Cc1ccc(S(=O)(=O)CC(=O)N(c2ccc(F)cc2)[C@@H](C(=O)NC2CCCCC2)C(=O)c2ccc(Cl)cc2)cc1. The van der Waals surface area contributed by atoms with E-state index >= 15 is 0 Å². The Morgan fingerprint density at radius 1 is 0.925 bits per heavy atom. The van der Waals surface area contributed by atoms with E-state index in [1.165, 1.54) is 48.5 Å². The second-order valence-corrected chi connectivity index (χ2v) is 12.4. The summed E-state index contributed by atoms with van der Waals surface area (Å²) in [5, 5.41) is 3.27. The van der Waals surface area contributed by atoms with Crippen LogP contribution in [-0.4, -0.2) is 43.9 Å². The predicted octanol–water partition coefficient (Wildman–Crippen LogP) is 5.29.